The van der Waals surface area contributed by atoms with Crippen LogP contribution in [0.2, 0.25) is 0 Å². The minimum Gasteiger partial charge on any atom is -0.346 e. The summed E-state index contributed by atoms with van der Waals surface area (Å²) in [5.41, 5.74) is 0.610. The third kappa shape index (κ3) is 4.31. The molecule has 0 bridgehead atoms. The van der Waals surface area contributed by atoms with Crippen LogP contribution in [0, 0.1) is 10.1 Å². The zero-order valence-electron chi connectivity index (χ0n) is 13.6. The summed E-state index contributed by atoms with van der Waals surface area (Å²) >= 11 is 0. The molecule has 1 aromatic heterocycles. The number of nitro benzene ring substituents is 1. The first kappa shape index (κ1) is 18.8. The molecule has 25 heavy (non-hydrogen) atoms. The Bertz CT molecular complexity index is 765. The number of nitrogens with one attached hydrogen (secondary N) is 2. The number of carbonyl (C=O) groups is 1. The van der Waals surface area contributed by atoms with Crippen molar-refractivity contribution in [3.8, 4) is 5.69 Å². The minimum absolute atomic E-state index is 0. The summed E-state index contributed by atoms with van der Waals surface area (Å²) in [5.74, 6) is -0.299. The van der Waals surface area contributed by atoms with Crippen molar-refractivity contribution in [1.82, 2.24) is 25.6 Å². The van der Waals surface area contributed by atoms with E-state index in [1.54, 1.807) is 12.1 Å². The molecule has 1 aliphatic rings. The fourth-order valence-electron chi connectivity index (χ4n) is 2.73. The highest BCUT2D eigenvalue weighted by atomic mass is 35.5. The first-order valence-corrected chi connectivity index (χ1v) is 7.76. The average molecular weight is 367 g/mol. The van der Waals surface area contributed by atoms with Gasteiger partial charge in [-0.05, 0) is 32.4 Å². The summed E-state index contributed by atoms with van der Waals surface area (Å²) in [7, 11) is 0. The Morgan fingerprint density at radius 3 is 3.00 bits per heavy atom. The molecule has 10 heteroatoms. The topological polar surface area (TPSA) is 115 Å². The molecule has 9 nitrogen and oxygen atoms in total. The fourth-order valence-corrected chi connectivity index (χ4v) is 2.73. The van der Waals surface area contributed by atoms with Crippen LogP contribution < -0.4 is 10.6 Å². The van der Waals surface area contributed by atoms with E-state index in [0.29, 0.717) is 5.69 Å². The lowest BCUT2D eigenvalue weighted by Crippen LogP contribution is -2.51. The quantitative estimate of drug-likeness (QED) is 0.625. The van der Waals surface area contributed by atoms with Crippen molar-refractivity contribution in [3.63, 3.8) is 0 Å². The van der Waals surface area contributed by atoms with Crippen LogP contribution >= 0.6 is 12.4 Å². The molecule has 134 valence electrons. The molecule has 2 heterocycles. The molecule has 1 aliphatic heterocycles. The van der Waals surface area contributed by atoms with Gasteiger partial charge in [0.15, 0.2) is 5.69 Å². The lowest BCUT2D eigenvalue weighted by atomic mass is 10.00. The number of benzene rings is 1. The number of rotatable bonds is 4. The SMILES string of the molecule is CC1NCCCC1NC(=O)c1cn(-c2cccc([N+](=O)[O-])c2)nn1.Cl. The number of hydrogen-bond acceptors (Lipinski definition) is 6. The van der Waals surface area contributed by atoms with Crippen molar-refractivity contribution in [1.29, 1.82) is 0 Å². The Morgan fingerprint density at radius 2 is 2.28 bits per heavy atom. The normalized spacial score (nSPS) is 19.7. The summed E-state index contributed by atoms with van der Waals surface area (Å²) in [4.78, 5) is 22.7. The number of nitro groups is 1. The Balaban J connectivity index is 0.00000225. The Hall–Kier alpha value is -2.52. The number of nitrogens with zero attached hydrogens (tertiary/aromatic N) is 4. The molecule has 1 aromatic carbocycles. The van der Waals surface area contributed by atoms with Gasteiger partial charge in [0.2, 0.25) is 0 Å². The van der Waals surface area contributed by atoms with Crippen LogP contribution in [0.5, 0.6) is 0 Å². The summed E-state index contributed by atoms with van der Waals surface area (Å²) in [6.45, 7) is 2.99. The van der Waals surface area contributed by atoms with E-state index < -0.39 is 4.92 Å². The molecule has 1 amide bonds. The molecule has 3 rings (SSSR count). The Morgan fingerprint density at radius 1 is 1.48 bits per heavy atom. The third-order valence-corrected chi connectivity index (χ3v) is 4.11. The molecule has 1 saturated heterocycles. The van der Waals surface area contributed by atoms with E-state index in [0.717, 1.165) is 19.4 Å². The first-order valence-electron chi connectivity index (χ1n) is 7.76. The predicted molar refractivity (Wildman–Crippen MR) is 93.2 cm³/mol. The van der Waals surface area contributed by atoms with Crippen LogP contribution in [0.3, 0.4) is 0 Å². The molecule has 1 fully saturated rings. The molecular weight excluding hydrogens is 348 g/mol. The number of hydrogen-bond donors (Lipinski definition) is 2. The van der Waals surface area contributed by atoms with Crippen LogP contribution in [0.25, 0.3) is 5.69 Å². The van der Waals surface area contributed by atoms with Crippen molar-refractivity contribution >= 4 is 24.0 Å². The van der Waals surface area contributed by atoms with Crippen LogP contribution in [-0.2, 0) is 0 Å². The van der Waals surface area contributed by atoms with Crippen molar-refractivity contribution in [2.75, 3.05) is 6.54 Å². The number of non-ortho nitro benzene ring substituents is 1. The molecular formula is C15H19ClN6O3. The summed E-state index contributed by atoms with van der Waals surface area (Å²) < 4.78 is 1.35. The van der Waals surface area contributed by atoms with E-state index in [-0.39, 0.29) is 41.8 Å². The maximum absolute atomic E-state index is 12.3. The van der Waals surface area contributed by atoms with Crippen molar-refractivity contribution in [2.24, 2.45) is 0 Å². The van der Waals surface area contributed by atoms with E-state index in [1.807, 2.05) is 6.92 Å². The first-order chi connectivity index (χ1) is 11.5. The molecule has 2 N–H and O–H groups in total. The van der Waals surface area contributed by atoms with Crippen molar-refractivity contribution in [2.45, 2.75) is 31.8 Å². The lowest BCUT2D eigenvalue weighted by molar-refractivity contribution is -0.384. The monoisotopic (exact) mass is 366 g/mol. The maximum Gasteiger partial charge on any atom is 0.273 e. The van der Waals surface area contributed by atoms with E-state index in [1.165, 1.54) is 23.0 Å². The van der Waals surface area contributed by atoms with Crippen LogP contribution in [-0.4, -0.2) is 44.5 Å². The van der Waals surface area contributed by atoms with Crippen molar-refractivity contribution < 1.29 is 9.72 Å². The standard InChI is InChI=1S/C15H18N6O3.ClH/c1-10-13(6-3-7-16-10)17-15(22)14-9-20(19-18-14)11-4-2-5-12(8-11)21(23)24;/h2,4-5,8-10,13,16H,3,6-7H2,1H3,(H,17,22);1H. The van der Waals surface area contributed by atoms with Gasteiger partial charge in [0, 0.05) is 24.2 Å². The van der Waals surface area contributed by atoms with E-state index in [2.05, 4.69) is 20.9 Å². The summed E-state index contributed by atoms with van der Waals surface area (Å²) in [5, 5.41) is 24.9. The van der Waals surface area contributed by atoms with Gasteiger partial charge < -0.3 is 10.6 Å². The highest BCUT2D eigenvalue weighted by Crippen LogP contribution is 2.16. The predicted octanol–water partition coefficient (Wildman–Crippen LogP) is 1.47. The van der Waals surface area contributed by atoms with Gasteiger partial charge in [-0.1, -0.05) is 11.3 Å². The fraction of sp³-hybridized carbons (Fsp3) is 0.400. The van der Waals surface area contributed by atoms with E-state index in [4.69, 9.17) is 0 Å². The number of carbonyl (C=O) groups excluding carboxylic acids is 1. The van der Waals surface area contributed by atoms with Gasteiger partial charge in [-0.15, -0.1) is 17.5 Å². The zero-order chi connectivity index (χ0) is 17.1. The summed E-state index contributed by atoms with van der Waals surface area (Å²) in [6, 6.07) is 6.25. The second kappa shape index (κ2) is 8.04. The van der Waals surface area contributed by atoms with Crippen LogP contribution in [0.15, 0.2) is 30.5 Å². The van der Waals surface area contributed by atoms with Gasteiger partial charge in [-0.2, -0.15) is 0 Å². The van der Waals surface area contributed by atoms with Gasteiger partial charge in [0.1, 0.15) is 0 Å². The number of halogens is 1. The molecule has 2 unspecified atom stereocenters. The van der Waals surface area contributed by atoms with Crippen molar-refractivity contribution in [3.05, 3.63) is 46.3 Å². The van der Waals surface area contributed by atoms with E-state index >= 15 is 0 Å². The van der Waals surface area contributed by atoms with Crippen LogP contribution in [0.4, 0.5) is 5.69 Å². The smallest absolute Gasteiger partial charge is 0.273 e. The maximum atomic E-state index is 12.3. The highest BCUT2D eigenvalue weighted by Gasteiger charge is 2.24. The number of amides is 1. The Kier molecular flexibility index (Phi) is 6.05. The third-order valence-electron chi connectivity index (χ3n) is 4.11. The van der Waals surface area contributed by atoms with Gasteiger partial charge in [-0.3, -0.25) is 14.9 Å². The van der Waals surface area contributed by atoms with Gasteiger partial charge >= 0.3 is 0 Å². The number of piperidine rings is 1. The summed E-state index contributed by atoms with van der Waals surface area (Å²) in [6.07, 6.45) is 3.39. The van der Waals surface area contributed by atoms with Gasteiger partial charge in [0.05, 0.1) is 16.8 Å². The average Bonchev–Trinajstić information content (AvgIpc) is 3.07. The Labute approximate surface area is 150 Å². The molecule has 0 spiro atoms. The zero-order valence-corrected chi connectivity index (χ0v) is 14.4. The van der Waals surface area contributed by atoms with Gasteiger partial charge in [0.25, 0.3) is 11.6 Å². The highest BCUT2D eigenvalue weighted by molar-refractivity contribution is 5.92. The lowest BCUT2D eigenvalue weighted by Gasteiger charge is -2.30. The minimum atomic E-state index is -0.481. The van der Waals surface area contributed by atoms with Gasteiger partial charge in [-0.25, -0.2) is 4.68 Å². The number of aromatic nitrogens is 3. The molecule has 0 aliphatic carbocycles. The molecule has 0 radical (unpaired) electrons. The molecule has 2 atom stereocenters. The van der Waals surface area contributed by atoms with E-state index in [9.17, 15) is 14.9 Å². The largest absolute Gasteiger partial charge is 0.346 e. The van der Waals surface area contributed by atoms with Crippen LogP contribution in [0.1, 0.15) is 30.3 Å². The second-order valence-corrected chi connectivity index (χ2v) is 5.79. The molecule has 2 aromatic rings. The molecule has 0 saturated carbocycles. The second-order valence-electron chi connectivity index (χ2n) is 5.79.